The minimum atomic E-state index is -0.128. The summed E-state index contributed by atoms with van der Waals surface area (Å²) in [6, 6.07) is 5.25. The number of rotatable bonds is 2. The predicted molar refractivity (Wildman–Crippen MR) is 69.0 cm³/mol. The van der Waals surface area contributed by atoms with E-state index < -0.39 is 0 Å². The molecule has 96 valence electrons. The first kappa shape index (κ1) is 11.7. The van der Waals surface area contributed by atoms with E-state index in [1.54, 1.807) is 6.07 Å². The Morgan fingerprint density at radius 2 is 2.06 bits per heavy atom. The number of hydrogen-bond acceptors (Lipinski definition) is 2. The summed E-state index contributed by atoms with van der Waals surface area (Å²) in [7, 11) is 1.96. The Kier molecular flexibility index (Phi) is 3.06. The van der Waals surface area contributed by atoms with E-state index in [0.717, 1.165) is 49.3 Å². The fraction of sp³-hybridized carbons (Fsp3) is 0.429. The van der Waals surface area contributed by atoms with Crippen LogP contribution in [0.3, 0.4) is 0 Å². The highest BCUT2D eigenvalue weighted by atomic mass is 19.1. The molecule has 1 aliphatic rings. The van der Waals surface area contributed by atoms with Crippen molar-refractivity contribution >= 4 is 10.9 Å². The highest BCUT2D eigenvalue weighted by molar-refractivity contribution is 5.84. The van der Waals surface area contributed by atoms with Crippen molar-refractivity contribution < 1.29 is 9.13 Å². The molecule has 0 N–H and O–H groups in total. The molecule has 2 heterocycles. The van der Waals surface area contributed by atoms with Crippen LogP contribution >= 0.6 is 0 Å². The second-order valence-electron chi connectivity index (χ2n) is 4.79. The van der Waals surface area contributed by atoms with E-state index in [4.69, 9.17) is 4.74 Å². The van der Waals surface area contributed by atoms with Crippen LogP contribution in [0.15, 0.2) is 24.4 Å². The van der Waals surface area contributed by atoms with Crippen molar-refractivity contribution in [1.82, 2.24) is 9.47 Å². The van der Waals surface area contributed by atoms with E-state index in [1.165, 1.54) is 6.07 Å². The number of aromatic nitrogens is 1. The lowest BCUT2D eigenvalue weighted by Crippen LogP contribution is -2.35. The molecular formula is C14H17FN2O. The number of aryl methyl sites for hydroxylation is 1. The second-order valence-corrected chi connectivity index (χ2v) is 4.79. The maximum atomic E-state index is 14.0. The minimum absolute atomic E-state index is 0.128. The lowest BCUT2D eigenvalue weighted by molar-refractivity contribution is 0.0343. The summed E-state index contributed by atoms with van der Waals surface area (Å²) in [5.41, 5.74) is 2.02. The molecule has 1 fully saturated rings. The third-order valence-electron chi connectivity index (χ3n) is 3.54. The lowest BCUT2D eigenvalue weighted by atomic mass is 10.1. The van der Waals surface area contributed by atoms with Gasteiger partial charge < -0.3 is 9.30 Å². The summed E-state index contributed by atoms with van der Waals surface area (Å²) in [4.78, 5) is 2.31. The summed E-state index contributed by atoms with van der Waals surface area (Å²) in [5, 5.41) is 0.756. The minimum Gasteiger partial charge on any atom is -0.379 e. The van der Waals surface area contributed by atoms with Crippen LogP contribution in [0.2, 0.25) is 0 Å². The van der Waals surface area contributed by atoms with Gasteiger partial charge in [0.1, 0.15) is 5.82 Å². The molecular weight excluding hydrogens is 231 g/mol. The van der Waals surface area contributed by atoms with Crippen LogP contribution in [-0.2, 0) is 18.3 Å². The van der Waals surface area contributed by atoms with Gasteiger partial charge in [-0.15, -0.1) is 0 Å². The van der Waals surface area contributed by atoms with Gasteiger partial charge in [0.15, 0.2) is 0 Å². The van der Waals surface area contributed by atoms with E-state index in [0.29, 0.717) is 0 Å². The first-order chi connectivity index (χ1) is 8.75. The summed E-state index contributed by atoms with van der Waals surface area (Å²) in [6.45, 7) is 4.18. The molecule has 1 saturated heterocycles. The molecule has 0 aliphatic carbocycles. The quantitative estimate of drug-likeness (QED) is 0.810. The van der Waals surface area contributed by atoms with Crippen LogP contribution < -0.4 is 0 Å². The fourth-order valence-electron chi connectivity index (χ4n) is 2.61. The first-order valence-electron chi connectivity index (χ1n) is 6.28. The lowest BCUT2D eigenvalue weighted by Gasteiger charge is -2.26. The third-order valence-corrected chi connectivity index (χ3v) is 3.54. The highest BCUT2D eigenvalue weighted by Crippen LogP contribution is 2.24. The van der Waals surface area contributed by atoms with Gasteiger partial charge in [-0.05, 0) is 17.7 Å². The van der Waals surface area contributed by atoms with Crippen LogP contribution in [0.1, 0.15) is 5.56 Å². The molecule has 0 unspecified atom stereocenters. The van der Waals surface area contributed by atoms with Crippen LogP contribution in [0, 0.1) is 5.82 Å². The standard InChI is InChI=1S/C14H17FN2O/c1-16-9-11(10-17-5-7-18-8-6-17)14-12(15)3-2-4-13(14)16/h2-4,9H,5-8,10H2,1H3. The molecule has 4 heteroatoms. The van der Waals surface area contributed by atoms with E-state index in [-0.39, 0.29) is 5.82 Å². The maximum absolute atomic E-state index is 14.0. The number of nitrogens with zero attached hydrogens (tertiary/aromatic N) is 2. The molecule has 0 bridgehead atoms. The normalized spacial score (nSPS) is 17.4. The Bertz CT molecular complexity index is 558. The van der Waals surface area contributed by atoms with Crippen molar-refractivity contribution in [3.05, 3.63) is 35.8 Å². The molecule has 3 rings (SSSR count). The Labute approximate surface area is 106 Å². The topological polar surface area (TPSA) is 17.4 Å². The van der Waals surface area contributed by atoms with Gasteiger partial charge in [-0.25, -0.2) is 4.39 Å². The van der Waals surface area contributed by atoms with Gasteiger partial charge >= 0.3 is 0 Å². The zero-order valence-corrected chi connectivity index (χ0v) is 10.5. The van der Waals surface area contributed by atoms with E-state index in [2.05, 4.69) is 4.90 Å². The van der Waals surface area contributed by atoms with Crippen molar-refractivity contribution in [3.8, 4) is 0 Å². The van der Waals surface area contributed by atoms with Crippen LogP contribution in [-0.4, -0.2) is 35.8 Å². The monoisotopic (exact) mass is 248 g/mol. The van der Waals surface area contributed by atoms with Gasteiger partial charge in [0.05, 0.1) is 18.7 Å². The fourth-order valence-corrected chi connectivity index (χ4v) is 2.61. The van der Waals surface area contributed by atoms with Gasteiger partial charge in [0.25, 0.3) is 0 Å². The SMILES string of the molecule is Cn1cc(CN2CCOCC2)c2c(F)cccc21. The summed E-state index contributed by atoms with van der Waals surface area (Å²) < 4.78 is 21.3. The summed E-state index contributed by atoms with van der Waals surface area (Å²) in [6.07, 6.45) is 2.03. The van der Waals surface area contributed by atoms with Crippen molar-refractivity contribution in [2.45, 2.75) is 6.54 Å². The van der Waals surface area contributed by atoms with Crippen molar-refractivity contribution in [2.24, 2.45) is 7.05 Å². The van der Waals surface area contributed by atoms with Crippen molar-refractivity contribution in [1.29, 1.82) is 0 Å². The number of fused-ring (bicyclic) bond motifs is 1. The number of hydrogen-bond donors (Lipinski definition) is 0. The molecule has 0 radical (unpaired) electrons. The van der Waals surface area contributed by atoms with Gasteiger partial charge in [-0.3, -0.25) is 4.90 Å². The Balaban J connectivity index is 1.96. The molecule has 1 aliphatic heterocycles. The van der Waals surface area contributed by atoms with Crippen LogP contribution in [0.25, 0.3) is 10.9 Å². The molecule has 1 aromatic heterocycles. The van der Waals surface area contributed by atoms with Crippen LogP contribution in [0.5, 0.6) is 0 Å². The molecule has 18 heavy (non-hydrogen) atoms. The zero-order chi connectivity index (χ0) is 12.5. The van der Waals surface area contributed by atoms with E-state index in [9.17, 15) is 4.39 Å². The van der Waals surface area contributed by atoms with Gasteiger partial charge in [-0.1, -0.05) is 6.07 Å². The first-order valence-corrected chi connectivity index (χ1v) is 6.28. The van der Waals surface area contributed by atoms with Crippen molar-refractivity contribution in [2.75, 3.05) is 26.3 Å². The molecule has 3 nitrogen and oxygen atoms in total. The number of benzene rings is 1. The molecule has 0 amide bonds. The third kappa shape index (κ3) is 2.02. The summed E-state index contributed by atoms with van der Waals surface area (Å²) in [5.74, 6) is -0.128. The van der Waals surface area contributed by atoms with Gasteiger partial charge in [0, 0.05) is 38.3 Å². The van der Waals surface area contributed by atoms with E-state index >= 15 is 0 Å². The summed E-state index contributed by atoms with van der Waals surface area (Å²) >= 11 is 0. The molecule has 0 saturated carbocycles. The average Bonchev–Trinajstić information content (AvgIpc) is 2.69. The largest absolute Gasteiger partial charge is 0.379 e. The average molecular weight is 248 g/mol. The Morgan fingerprint density at radius 1 is 1.28 bits per heavy atom. The van der Waals surface area contributed by atoms with Gasteiger partial charge in [0.2, 0.25) is 0 Å². The number of halogens is 1. The highest BCUT2D eigenvalue weighted by Gasteiger charge is 2.16. The molecule has 0 atom stereocenters. The number of morpholine rings is 1. The molecule has 1 aromatic carbocycles. The van der Waals surface area contributed by atoms with E-state index in [1.807, 2.05) is 23.9 Å². The predicted octanol–water partition coefficient (Wildman–Crippen LogP) is 2.15. The maximum Gasteiger partial charge on any atom is 0.132 e. The Hall–Kier alpha value is -1.39. The zero-order valence-electron chi connectivity index (χ0n) is 10.5. The van der Waals surface area contributed by atoms with Gasteiger partial charge in [-0.2, -0.15) is 0 Å². The second kappa shape index (κ2) is 4.71. The molecule has 0 spiro atoms. The number of ether oxygens (including phenoxy) is 1. The van der Waals surface area contributed by atoms with Crippen LogP contribution in [0.4, 0.5) is 4.39 Å². The Morgan fingerprint density at radius 3 is 2.83 bits per heavy atom. The smallest absolute Gasteiger partial charge is 0.132 e. The molecule has 2 aromatic rings. The van der Waals surface area contributed by atoms with Crippen molar-refractivity contribution in [3.63, 3.8) is 0 Å².